The van der Waals surface area contributed by atoms with Crippen LogP contribution in [0.5, 0.6) is 0 Å². The molecular weight excluding hydrogens is 296 g/mol. The van der Waals surface area contributed by atoms with E-state index < -0.39 is 10.0 Å². The van der Waals surface area contributed by atoms with Crippen LogP contribution in [0.25, 0.3) is 0 Å². The van der Waals surface area contributed by atoms with Crippen LogP contribution in [-0.4, -0.2) is 14.5 Å². The highest BCUT2D eigenvalue weighted by atomic mass is 35.5. The van der Waals surface area contributed by atoms with Crippen molar-refractivity contribution in [3.63, 3.8) is 0 Å². The highest BCUT2D eigenvalue weighted by Gasteiger charge is 2.31. The number of nitrogen functional groups attached to an aromatic ring is 1. The Morgan fingerprint density at radius 3 is 2.65 bits per heavy atom. The van der Waals surface area contributed by atoms with Crippen LogP contribution in [0.1, 0.15) is 33.1 Å². The molecule has 3 atom stereocenters. The Bertz CT molecular complexity index is 589. The molecule has 2 rings (SSSR count). The van der Waals surface area contributed by atoms with Crippen LogP contribution in [0.4, 0.5) is 5.69 Å². The monoisotopic (exact) mass is 316 g/mol. The molecule has 112 valence electrons. The van der Waals surface area contributed by atoms with Gasteiger partial charge in [0.05, 0.1) is 5.02 Å². The van der Waals surface area contributed by atoms with E-state index in [1.165, 1.54) is 12.1 Å². The first-order chi connectivity index (χ1) is 9.31. The molecule has 20 heavy (non-hydrogen) atoms. The third kappa shape index (κ3) is 3.27. The van der Waals surface area contributed by atoms with Gasteiger partial charge in [-0.05, 0) is 36.5 Å². The maximum absolute atomic E-state index is 12.4. The second-order valence-corrected chi connectivity index (χ2v) is 7.77. The first kappa shape index (κ1) is 15.6. The van der Waals surface area contributed by atoms with Gasteiger partial charge in [0, 0.05) is 11.7 Å². The Morgan fingerprint density at radius 1 is 1.30 bits per heavy atom. The summed E-state index contributed by atoms with van der Waals surface area (Å²) in [4.78, 5) is 0.0961. The molecule has 0 saturated heterocycles. The van der Waals surface area contributed by atoms with Crippen LogP contribution in [0.15, 0.2) is 23.1 Å². The smallest absolute Gasteiger partial charge is 0.242 e. The Kier molecular flexibility index (Phi) is 4.62. The van der Waals surface area contributed by atoms with Gasteiger partial charge in [-0.2, -0.15) is 0 Å². The average molecular weight is 317 g/mol. The number of benzene rings is 1. The molecule has 0 radical (unpaired) electrons. The van der Waals surface area contributed by atoms with Gasteiger partial charge >= 0.3 is 0 Å². The summed E-state index contributed by atoms with van der Waals surface area (Å²) in [5.74, 6) is 0.851. The van der Waals surface area contributed by atoms with E-state index in [0.717, 1.165) is 19.3 Å². The molecule has 0 spiro atoms. The molecule has 1 fully saturated rings. The number of nitrogens with two attached hydrogens (primary N) is 1. The fourth-order valence-electron chi connectivity index (χ4n) is 2.75. The van der Waals surface area contributed by atoms with Crippen molar-refractivity contribution in [1.29, 1.82) is 0 Å². The molecular formula is C14H21ClN2O2S. The summed E-state index contributed by atoms with van der Waals surface area (Å²) in [6.45, 7) is 4.27. The van der Waals surface area contributed by atoms with Crippen molar-refractivity contribution < 1.29 is 8.42 Å². The minimum atomic E-state index is -3.60. The Hall–Kier alpha value is -0.780. The van der Waals surface area contributed by atoms with Crippen LogP contribution >= 0.6 is 11.6 Å². The number of hydrogen-bond acceptors (Lipinski definition) is 3. The van der Waals surface area contributed by atoms with Crippen LogP contribution in [0, 0.1) is 11.8 Å². The van der Waals surface area contributed by atoms with Gasteiger partial charge in [-0.15, -0.1) is 0 Å². The lowest BCUT2D eigenvalue weighted by Gasteiger charge is -2.34. The van der Waals surface area contributed by atoms with E-state index in [1.54, 1.807) is 6.07 Å². The number of anilines is 1. The van der Waals surface area contributed by atoms with Crippen molar-refractivity contribution in [2.45, 2.75) is 44.0 Å². The lowest BCUT2D eigenvalue weighted by atomic mass is 9.78. The van der Waals surface area contributed by atoms with Crippen molar-refractivity contribution in [2.24, 2.45) is 11.8 Å². The van der Waals surface area contributed by atoms with Crippen molar-refractivity contribution in [2.75, 3.05) is 5.73 Å². The van der Waals surface area contributed by atoms with Gasteiger partial charge in [-0.3, -0.25) is 0 Å². The van der Waals surface area contributed by atoms with E-state index in [0.29, 0.717) is 17.5 Å². The fraction of sp³-hybridized carbons (Fsp3) is 0.571. The second-order valence-electron chi connectivity index (χ2n) is 5.68. The van der Waals surface area contributed by atoms with Gasteiger partial charge in [0.15, 0.2) is 0 Å². The maximum atomic E-state index is 12.4. The molecule has 1 aromatic rings. The molecule has 1 aliphatic carbocycles. The fourth-order valence-corrected chi connectivity index (χ4v) is 4.66. The third-order valence-corrected chi connectivity index (χ3v) is 6.23. The summed E-state index contributed by atoms with van der Waals surface area (Å²) < 4.78 is 27.7. The van der Waals surface area contributed by atoms with E-state index in [-0.39, 0.29) is 16.0 Å². The summed E-state index contributed by atoms with van der Waals surface area (Å²) in [7, 11) is -3.60. The van der Waals surface area contributed by atoms with Crippen LogP contribution in [-0.2, 0) is 10.0 Å². The zero-order valence-corrected chi connectivity index (χ0v) is 13.3. The minimum Gasteiger partial charge on any atom is -0.399 e. The summed E-state index contributed by atoms with van der Waals surface area (Å²) in [6.07, 6.45) is 3.08. The number of rotatable bonds is 3. The van der Waals surface area contributed by atoms with E-state index in [9.17, 15) is 8.42 Å². The second kappa shape index (κ2) is 5.92. The Morgan fingerprint density at radius 2 is 2.00 bits per heavy atom. The largest absolute Gasteiger partial charge is 0.399 e. The van der Waals surface area contributed by atoms with Crippen LogP contribution < -0.4 is 10.5 Å². The normalized spacial score (nSPS) is 27.4. The molecule has 1 aromatic carbocycles. The first-order valence-electron chi connectivity index (χ1n) is 6.88. The molecule has 0 bridgehead atoms. The molecule has 3 unspecified atom stereocenters. The zero-order chi connectivity index (χ0) is 14.9. The molecule has 0 heterocycles. The molecule has 0 aliphatic heterocycles. The number of halogens is 1. The quantitative estimate of drug-likeness (QED) is 0.842. The first-order valence-corrected chi connectivity index (χ1v) is 8.74. The molecule has 6 heteroatoms. The van der Waals surface area contributed by atoms with Gasteiger partial charge in [0.25, 0.3) is 0 Å². The van der Waals surface area contributed by atoms with Crippen molar-refractivity contribution in [3.05, 3.63) is 23.2 Å². The number of nitrogens with one attached hydrogen (secondary N) is 1. The molecule has 3 N–H and O–H groups in total. The summed E-state index contributed by atoms with van der Waals surface area (Å²) in [5, 5.41) is 0.161. The SMILES string of the molecule is CC1CCCC(NS(=O)(=O)c2ccc(N)cc2Cl)C1C. The zero-order valence-electron chi connectivity index (χ0n) is 11.8. The van der Waals surface area contributed by atoms with Crippen molar-refractivity contribution in [3.8, 4) is 0 Å². The van der Waals surface area contributed by atoms with Gasteiger partial charge in [-0.25, -0.2) is 13.1 Å². The van der Waals surface area contributed by atoms with E-state index in [2.05, 4.69) is 18.6 Å². The van der Waals surface area contributed by atoms with Crippen molar-refractivity contribution >= 4 is 27.3 Å². The standard InChI is InChI=1S/C14H21ClN2O2S/c1-9-4-3-5-13(10(9)2)17-20(18,19)14-7-6-11(16)8-12(14)15/h6-10,13,17H,3-5,16H2,1-2H3. The highest BCUT2D eigenvalue weighted by Crippen LogP contribution is 2.31. The van der Waals surface area contributed by atoms with E-state index in [4.69, 9.17) is 17.3 Å². The van der Waals surface area contributed by atoms with E-state index >= 15 is 0 Å². The van der Waals surface area contributed by atoms with Gasteiger partial charge in [-0.1, -0.05) is 38.3 Å². The van der Waals surface area contributed by atoms with E-state index in [1.807, 2.05) is 0 Å². The lowest BCUT2D eigenvalue weighted by Crippen LogP contribution is -2.43. The Labute approximate surface area is 125 Å². The highest BCUT2D eigenvalue weighted by molar-refractivity contribution is 7.89. The van der Waals surface area contributed by atoms with Gasteiger partial charge < -0.3 is 5.73 Å². The average Bonchev–Trinajstić information content (AvgIpc) is 2.34. The maximum Gasteiger partial charge on any atom is 0.242 e. The molecule has 1 saturated carbocycles. The molecule has 1 aliphatic rings. The number of hydrogen-bond donors (Lipinski definition) is 2. The third-order valence-electron chi connectivity index (χ3n) is 4.26. The summed E-state index contributed by atoms with van der Waals surface area (Å²) in [5.41, 5.74) is 6.05. The van der Waals surface area contributed by atoms with Gasteiger partial charge in [0.1, 0.15) is 4.90 Å². The van der Waals surface area contributed by atoms with Crippen LogP contribution in [0.3, 0.4) is 0 Å². The Balaban J connectivity index is 2.22. The van der Waals surface area contributed by atoms with Crippen LogP contribution in [0.2, 0.25) is 5.02 Å². The van der Waals surface area contributed by atoms with Gasteiger partial charge in [0.2, 0.25) is 10.0 Å². The topological polar surface area (TPSA) is 72.2 Å². The number of sulfonamides is 1. The molecule has 0 amide bonds. The minimum absolute atomic E-state index is 0.0302. The molecule has 0 aromatic heterocycles. The summed E-state index contributed by atoms with van der Waals surface area (Å²) in [6, 6.07) is 4.44. The predicted molar refractivity (Wildman–Crippen MR) is 82.2 cm³/mol. The van der Waals surface area contributed by atoms with Crippen molar-refractivity contribution in [1.82, 2.24) is 4.72 Å². The summed E-state index contributed by atoms with van der Waals surface area (Å²) >= 11 is 6.00. The predicted octanol–water partition coefficient (Wildman–Crippen LogP) is 3.03. The molecule has 4 nitrogen and oxygen atoms in total. The lowest BCUT2D eigenvalue weighted by molar-refractivity contribution is 0.227.